The lowest BCUT2D eigenvalue weighted by Crippen LogP contribution is -2.38. The molecule has 162 valence electrons. The lowest BCUT2D eigenvalue weighted by molar-refractivity contribution is -0.129. The largest absolute Gasteiger partial charge is 0.376 e. The number of hydrogen-bond donors (Lipinski definition) is 1. The van der Waals surface area contributed by atoms with Gasteiger partial charge in [0, 0.05) is 18.7 Å². The number of thioether (sulfide) groups is 1. The van der Waals surface area contributed by atoms with Crippen LogP contribution in [0.3, 0.4) is 0 Å². The monoisotopic (exact) mass is 437 g/mol. The number of anilines is 1. The van der Waals surface area contributed by atoms with Crippen LogP contribution in [0.15, 0.2) is 53.5 Å². The average Bonchev–Trinajstić information content (AvgIpc) is 3.36. The SMILES string of the molecule is Cc1cccc(C)c1NC(=O)C[C@@H]1SC(=Nc2ccccc2)N(C[C@@H]2CCCO2)C1=O. The number of benzene rings is 2. The molecule has 2 saturated heterocycles. The van der Waals surface area contributed by atoms with Gasteiger partial charge < -0.3 is 10.1 Å². The quantitative estimate of drug-likeness (QED) is 0.725. The van der Waals surface area contributed by atoms with Crippen LogP contribution in [0.2, 0.25) is 0 Å². The van der Waals surface area contributed by atoms with Crippen LogP contribution in [0.4, 0.5) is 11.4 Å². The molecule has 0 radical (unpaired) electrons. The maximum atomic E-state index is 13.2. The maximum Gasteiger partial charge on any atom is 0.242 e. The number of amides is 2. The average molecular weight is 438 g/mol. The van der Waals surface area contributed by atoms with E-state index in [1.807, 2.05) is 62.4 Å². The molecule has 31 heavy (non-hydrogen) atoms. The summed E-state index contributed by atoms with van der Waals surface area (Å²) in [5.74, 6) is -0.242. The van der Waals surface area contributed by atoms with Crippen molar-refractivity contribution < 1.29 is 14.3 Å². The number of aryl methyl sites for hydroxylation is 2. The molecule has 4 rings (SSSR count). The normalized spacial score (nSPS) is 22.3. The number of carbonyl (C=O) groups excluding carboxylic acids is 2. The van der Waals surface area contributed by atoms with Gasteiger partial charge in [0.25, 0.3) is 0 Å². The lowest BCUT2D eigenvalue weighted by atomic mass is 10.1. The summed E-state index contributed by atoms with van der Waals surface area (Å²) in [5, 5.41) is 3.13. The number of carbonyl (C=O) groups is 2. The molecular formula is C24H27N3O3S. The summed E-state index contributed by atoms with van der Waals surface area (Å²) in [6.07, 6.45) is 2.07. The van der Waals surface area contributed by atoms with Crippen LogP contribution in [0, 0.1) is 13.8 Å². The van der Waals surface area contributed by atoms with Gasteiger partial charge in [-0.3, -0.25) is 14.5 Å². The highest BCUT2D eigenvalue weighted by atomic mass is 32.2. The van der Waals surface area contributed by atoms with Crippen molar-refractivity contribution in [2.24, 2.45) is 4.99 Å². The number of aliphatic imine (C=N–C) groups is 1. The molecule has 0 unspecified atom stereocenters. The number of amidine groups is 1. The van der Waals surface area contributed by atoms with Crippen molar-refractivity contribution in [3.8, 4) is 0 Å². The van der Waals surface area contributed by atoms with E-state index in [2.05, 4.69) is 5.32 Å². The second-order valence-electron chi connectivity index (χ2n) is 7.94. The van der Waals surface area contributed by atoms with Crippen molar-refractivity contribution >= 4 is 40.1 Å². The summed E-state index contributed by atoms with van der Waals surface area (Å²) < 4.78 is 5.75. The molecule has 2 aliphatic heterocycles. The van der Waals surface area contributed by atoms with Crippen molar-refractivity contribution in [2.45, 2.75) is 44.5 Å². The molecule has 2 aliphatic rings. The number of nitrogens with zero attached hydrogens (tertiary/aromatic N) is 2. The van der Waals surface area contributed by atoms with E-state index in [-0.39, 0.29) is 24.3 Å². The molecule has 7 heteroatoms. The minimum atomic E-state index is -0.492. The van der Waals surface area contributed by atoms with E-state index in [1.54, 1.807) is 4.90 Å². The van der Waals surface area contributed by atoms with Crippen LogP contribution in [0.1, 0.15) is 30.4 Å². The van der Waals surface area contributed by atoms with Gasteiger partial charge in [-0.2, -0.15) is 0 Å². The first-order valence-corrected chi connectivity index (χ1v) is 11.5. The third kappa shape index (κ3) is 5.17. The Hall–Kier alpha value is -2.64. The fraction of sp³-hybridized carbons (Fsp3) is 0.375. The Bertz CT molecular complexity index is 967. The van der Waals surface area contributed by atoms with Crippen LogP contribution < -0.4 is 5.32 Å². The summed E-state index contributed by atoms with van der Waals surface area (Å²) in [6, 6.07) is 15.5. The molecule has 0 saturated carbocycles. The van der Waals surface area contributed by atoms with Crippen LogP contribution in [0.5, 0.6) is 0 Å². The molecule has 0 bridgehead atoms. The number of nitrogens with one attached hydrogen (secondary N) is 1. The van der Waals surface area contributed by atoms with Crippen molar-refractivity contribution in [1.29, 1.82) is 0 Å². The van der Waals surface area contributed by atoms with Gasteiger partial charge in [-0.05, 0) is 49.9 Å². The molecule has 2 aromatic carbocycles. The standard InChI is InChI=1S/C24H27N3O3S/c1-16-8-6-9-17(2)22(16)26-21(28)14-20-23(29)27(15-19-12-7-13-30-19)24(31-20)25-18-10-4-3-5-11-18/h3-6,8-11,19-20H,7,12-15H2,1-2H3,(H,26,28)/t19-,20-/m0/s1. The van der Waals surface area contributed by atoms with E-state index in [0.717, 1.165) is 42.0 Å². The van der Waals surface area contributed by atoms with E-state index >= 15 is 0 Å². The molecule has 2 fully saturated rings. The van der Waals surface area contributed by atoms with E-state index in [0.29, 0.717) is 11.7 Å². The number of hydrogen-bond acceptors (Lipinski definition) is 5. The molecule has 6 nitrogen and oxygen atoms in total. The van der Waals surface area contributed by atoms with Crippen LogP contribution >= 0.6 is 11.8 Å². The Morgan fingerprint density at radius 2 is 1.90 bits per heavy atom. The predicted molar refractivity (Wildman–Crippen MR) is 125 cm³/mol. The fourth-order valence-electron chi connectivity index (χ4n) is 3.87. The number of rotatable bonds is 6. The summed E-state index contributed by atoms with van der Waals surface area (Å²) in [7, 11) is 0. The topological polar surface area (TPSA) is 71.0 Å². The van der Waals surface area contributed by atoms with Gasteiger partial charge in [0.2, 0.25) is 11.8 Å². The van der Waals surface area contributed by atoms with Crippen LogP contribution in [-0.2, 0) is 14.3 Å². The minimum Gasteiger partial charge on any atom is -0.376 e. The van der Waals surface area contributed by atoms with Crippen molar-refractivity contribution in [1.82, 2.24) is 4.90 Å². The van der Waals surface area contributed by atoms with Gasteiger partial charge in [0.1, 0.15) is 5.25 Å². The molecule has 0 aliphatic carbocycles. The van der Waals surface area contributed by atoms with Gasteiger partial charge in [-0.15, -0.1) is 0 Å². The Morgan fingerprint density at radius 3 is 2.58 bits per heavy atom. The highest BCUT2D eigenvalue weighted by molar-refractivity contribution is 8.15. The van der Waals surface area contributed by atoms with Gasteiger partial charge in [0.05, 0.1) is 18.3 Å². The zero-order valence-electron chi connectivity index (χ0n) is 17.8. The van der Waals surface area contributed by atoms with E-state index in [9.17, 15) is 9.59 Å². The zero-order chi connectivity index (χ0) is 21.8. The summed E-state index contributed by atoms with van der Waals surface area (Å²) >= 11 is 1.36. The third-order valence-corrected chi connectivity index (χ3v) is 6.70. The Kier molecular flexibility index (Phi) is 6.73. The Morgan fingerprint density at radius 1 is 1.16 bits per heavy atom. The van der Waals surface area contributed by atoms with E-state index < -0.39 is 5.25 Å². The third-order valence-electron chi connectivity index (χ3n) is 5.53. The molecule has 0 aromatic heterocycles. The van der Waals surface area contributed by atoms with E-state index in [1.165, 1.54) is 11.8 Å². The Balaban J connectivity index is 1.50. The van der Waals surface area contributed by atoms with Gasteiger partial charge >= 0.3 is 0 Å². The van der Waals surface area contributed by atoms with Crippen LogP contribution in [-0.4, -0.2) is 46.4 Å². The molecule has 2 aromatic rings. The molecular weight excluding hydrogens is 410 g/mol. The summed E-state index contributed by atoms with van der Waals surface area (Å²) in [4.78, 5) is 32.4. The zero-order valence-corrected chi connectivity index (χ0v) is 18.7. The first kappa shape index (κ1) is 21.6. The first-order valence-electron chi connectivity index (χ1n) is 10.6. The van der Waals surface area contributed by atoms with Crippen molar-refractivity contribution in [3.05, 3.63) is 59.7 Å². The fourth-order valence-corrected chi connectivity index (χ4v) is 5.04. The maximum absolute atomic E-state index is 13.2. The van der Waals surface area contributed by atoms with Crippen molar-refractivity contribution in [2.75, 3.05) is 18.5 Å². The summed E-state index contributed by atoms with van der Waals surface area (Å²) in [5.41, 5.74) is 3.61. The summed E-state index contributed by atoms with van der Waals surface area (Å²) in [6.45, 7) is 5.14. The van der Waals surface area contributed by atoms with Crippen molar-refractivity contribution in [3.63, 3.8) is 0 Å². The van der Waals surface area contributed by atoms with Gasteiger partial charge in [-0.25, -0.2) is 4.99 Å². The Labute approximate surface area is 187 Å². The molecule has 2 amide bonds. The molecule has 1 N–H and O–H groups in total. The highest BCUT2D eigenvalue weighted by Gasteiger charge is 2.40. The predicted octanol–water partition coefficient (Wildman–Crippen LogP) is 4.44. The second kappa shape index (κ2) is 9.66. The molecule has 2 heterocycles. The second-order valence-corrected chi connectivity index (χ2v) is 9.11. The first-order chi connectivity index (χ1) is 15.0. The van der Waals surface area contributed by atoms with Crippen LogP contribution in [0.25, 0.3) is 0 Å². The van der Waals surface area contributed by atoms with Gasteiger partial charge in [-0.1, -0.05) is 48.2 Å². The molecule has 0 spiro atoms. The van der Waals surface area contributed by atoms with Gasteiger partial charge in [0.15, 0.2) is 5.17 Å². The smallest absolute Gasteiger partial charge is 0.242 e. The minimum absolute atomic E-state index is 0.0210. The number of ether oxygens (including phenoxy) is 1. The van der Waals surface area contributed by atoms with E-state index in [4.69, 9.17) is 9.73 Å². The lowest BCUT2D eigenvalue weighted by Gasteiger charge is -2.20. The highest BCUT2D eigenvalue weighted by Crippen LogP contribution is 2.33. The number of para-hydroxylation sites is 2. The molecule has 2 atom stereocenters.